The van der Waals surface area contributed by atoms with Crippen molar-refractivity contribution < 1.29 is 23.0 Å². The Balaban J connectivity index is 2.01. The second kappa shape index (κ2) is 10.7. The molecular weight excluding hydrogens is 350 g/mol. The number of rotatable bonds is 10. The Hall–Kier alpha value is -2.43. The third kappa shape index (κ3) is 6.05. The SMILES string of the molecule is CCCCCCc1ccc(OC(=O)c2ccc(OCCC)cc2)c(F)c1F. The average Bonchev–Trinajstić information content (AvgIpc) is 2.69. The van der Waals surface area contributed by atoms with Gasteiger partial charge in [-0.25, -0.2) is 9.18 Å². The molecule has 0 spiro atoms. The highest BCUT2D eigenvalue weighted by molar-refractivity contribution is 5.91. The number of hydrogen-bond acceptors (Lipinski definition) is 3. The Kier molecular flexibility index (Phi) is 8.24. The van der Waals surface area contributed by atoms with E-state index in [1.165, 1.54) is 24.3 Å². The molecule has 27 heavy (non-hydrogen) atoms. The highest BCUT2D eigenvalue weighted by Gasteiger charge is 2.18. The molecule has 0 bridgehead atoms. The first-order valence-electron chi connectivity index (χ1n) is 9.48. The maximum absolute atomic E-state index is 14.2. The maximum Gasteiger partial charge on any atom is 0.343 e. The molecule has 0 N–H and O–H groups in total. The van der Waals surface area contributed by atoms with E-state index in [1.54, 1.807) is 12.1 Å². The molecule has 0 saturated heterocycles. The van der Waals surface area contributed by atoms with Crippen molar-refractivity contribution in [1.29, 1.82) is 0 Å². The van der Waals surface area contributed by atoms with E-state index in [0.717, 1.165) is 32.1 Å². The largest absolute Gasteiger partial charge is 0.494 e. The molecule has 0 saturated carbocycles. The summed E-state index contributed by atoms with van der Waals surface area (Å²) in [7, 11) is 0. The lowest BCUT2D eigenvalue weighted by Gasteiger charge is -2.10. The zero-order valence-electron chi connectivity index (χ0n) is 15.9. The Morgan fingerprint density at radius 2 is 1.63 bits per heavy atom. The highest BCUT2D eigenvalue weighted by atomic mass is 19.2. The van der Waals surface area contributed by atoms with Crippen LogP contribution < -0.4 is 9.47 Å². The summed E-state index contributed by atoms with van der Waals surface area (Å²) < 4.78 is 38.9. The third-order valence-electron chi connectivity index (χ3n) is 4.19. The monoisotopic (exact) mass is 376 g/mol. The number of esters is 1. The van der Waals surface area contributed by atoms with Gasteiger partial charge in [0.25, 0.3) is 0 Å². The van der Waals surface area contributed by atoms with Crippen LogP contribution in [0.25, 0.3) is 0 Å². The lowest BCUT2D eigenvalue weighted by Crippen LogP contribution is -2.10. The lowest BCUT2D eigenvalue weighted by atomic mass is 10.1. The lowest BCUT2D eigenvalue weighted by molar-refractivity contribution is 0.0726. The fraction of sp³-hybridized carbons (Fsp3) is 0.409. The Morgan fingerprint density at radius 3 is 2.30 bits per heavy atom. The van der Waals surface area contributed by atoms with E-state index >= 15 is 0 Å². The molecule has 0 unspecified atom stereocenters. The van der Waals surface area contributed by atoms with E-state index in [9.17, 15) is 13.6 Å². The molecule has 2 rings (SSSR count). The van der Waals surface area contributed by atoms with Crippen molar-refractivity contribution in [3.05, 3.63) is 59.2 Å². The van der Waals surface area contributed by atoms with Gasteiger partial charge in [0.2, 0.25) is 5.82 Å². The smallest absolute Gasteiger partial charge is 0.343 e. The zero-order valence-corrected chi connectivity index (χ0v) is 15.9. The molecule has 2 aromatic rings. The summed E-state index contributed by atoms with van der Waals surface area (Å²) in [5, 5.41) is 0. The van der Waals surface area contributed by atoms with Crippen molar-refractivity contribution in [2.45, 2.75) is 52.4 Å². The van der Waals surface area contributed by atoms with Gasteiger partial charge in [-0.1, -0.05) is 39.2 Å². The van der Waals surface area contributed by atoms with Crippen molar-refractivity contribution >= 4 is 5.97 Å². The van der Waals surface area contributed by atoms with E-state index in [0.29, 0.717) is 24.3 Å². The van der Waals surface area contributed by atoms with Crippen LogP contribution in [-0.2, 0) is 6.42 Å². The molecule has 0 aliphatic carbocycles. The minimum atomic E-state index is -1.13. The second-order valence-corrected chi connectivity index (χ2v) is 6.42. The number of aryl methyl sites for hydroxylation is 1. The molecule has 0 fully saturated rings. The van der Waals surface area contributed by atoms with Gasteiger partial charge in [0.15, 0.2) is 11.6 Å². The summed E-state index contributed by atoms with van der Waals surface area (Å²) >= 11 is 0. The minimum absolute atomic E-state index is 0.238. The van der Waals surface area contributed by atoms with Gasteiger partial charge in [-0.2, -0.15) is 4.39 Å². The fourth-order valence-corrected chi connectivity index (χ4v) is 2.65. The summed E-state index contributed by atoms with van der Waals surface area (Å²) in [6, 6.07) is 9.14. The number of hydrogen-bond donors (Lipinski definition) is 0. The predicted molar refractivity (Wildman–Crippen MR) is 101 cm³/mol. The van der Waals surface area contributed by atoms with Gasteiger partial charge >= 0.3 is 5.97 Å². The highest BCUT2D eigenvalue weighted by Crippen LogP contribution is 2.25. The van der Waals surface area contributed by atoms with Crippen molar-refractivity contribution in [3.63, 3.8) is 0 Å². The molecule has 0 aliphatic rings. The Morgan fingerprint density at radius 1 is 0.889 bits per heavy atom. The van der Waals surface area contributed by atoms with Crippen LogP contribution in [0.1, 0.15) is 61.9 Å². The average molecular weight is 376 g/mol. The number of carbonyl (C=O) groups excluding carboxylic acids is 1. The van der Waals surface area contributed by atoms with Gasteiger partial charge in [-0.3, -0.25) is 0 Å². The molecule has 3 nitrogen and oxygen atoms in total. The summed E-state index contributed by atoms with van der Waals surface area (Å²) in [6.45, 7) is 4.67. The van der Waals surface area contributed by atoms with E-state index in [4.69, 9.17) is 9.47 Å². The predicted octanol–water partition coefficient (Wildman–Crippen LogP) is 6.10. The molecule has 146 valence electrons. The molecule has 2 aromatic carbocycles. The van der Waals surface area contributed by atoms with Crippen LogP contribution in [0.3, 0.4) is 0 Å². The first-order valence-corrected chi connectivity index (χ1v) is 9.48. The van der Waals surface area contributed by atoms with Crippen molar-refractivity contribution in [2.24, 2.45) is 0 Å². The molecule has 0 radical (unpaired) electrons. The molecule has 0 heterocycles. The van der Waals surface area contributed by atoms with Gasteiger partial charge in [0.05, 0.1) is 12.2 Å². The van der Waals surface area contributed by atoms with Gasteiger partial charge in [0.1, 0.15) is 5.75 Å². The topological polar surface area (TPSA) is 35.5 Å². The number of ether oxygens (including phenoxy) is 2. The van der Waals surface area contributed by atoms with Crippen LogP contribution in [0.2, 0.25) is 0 Å². The van der Waals surface area contributed by atoms with Gasteiger partial charge in [-0.15, -0.1) is 0 Å². The van der Waals surface area contributed by atoms with E-state index in [-0.39, 0.29) is 5.56 Å². The normalized spacial score (nSPS) is 10.7. The maximum atomic E-state index is 14.2. The van der Waals surface area contributed by atoms with Crippen molar-refractivity contribution in [2.75, 3.05) is 6.61 Å². The van der Waals surface area contributed by atoms with Crippen molar-refractivity contribution in [1.82, 2.24) is 0 Å². The quantitative estimate of drug-likeness (QED) is 0.286. The first-order chi connectivity index (χ1) is 13.1. The summed E-state index contributed by atoms with van der Waals surface area (Å²) in [5.74, 6) is -2.58. The zero-order chi connectivity index (χ0) is 19.6. The first kappa shape index (κ1) is 20.9. The standard InChI is InChI=1S/C22H26F2O3/c1-3-5-6-7-8-16-11-14-19(21(24)20(16)23)27-22(25)17-9-12-18(13-10-17)26-15-4-2/h9-14H,3-8,15H2,1-2H3. The van der Waals surface area contributed by atoms with Gasteiger partial charge < -0.3 is 9.47 Å². The Labute approximate surface area is 159 Å². The summed E-state index contributed by atoms with van der Waals surface area (Å²) in [6.07, 6.45) is 5.28. The number of halogens is 2. The summed E-state index contributed by atoms with van der Waals surface area (Å²) in [4.78, 5) is 12.2. The molecule has 0 aliphatic heterocycles. The third-order valence-corrected chi connectivity index (χ3v) is 4.19. The molecule has 0 atom stereocenters. The summed E-state index contributed by atoms with van der Waals surface area (Å²) in [5.41, 5.74) is 0.545. The van der Waals surface area contributed by atoms with Crippen LogP contribution in [0.15, 0.2) is 36.4 Å². The van der Waals surface area contributed by atoms with E-state index < -0.39 is 23.4 Å². The minimum Gasteiger partial charge on any atom is -0.494 e. The number of unbranched alkanes of at least 4 members (excludes halogenated alkanes) is 3. The molecule has 0 amide bonds. The van der Waals surface area contributed by atoms with Gasteiger partial charge in [0, 0.05) is 0 Å². The van der Waals surface area contributed by atoms with Crippen LogP contribution in [0.5, 0.6) is 11.5 Å². The Bertz CT molecular complexity index is 742. The van der Waals surface area contributed by atoms with Gasteiger partial charge in [-0.05, 0) is 55.2 Å². The van der Waals surface area contributed by atoms with Crippen LogP contribution >= 0.6 is 0 Å². The van der Waals surface area contributed by atoms with Crippen LogP contribution in [0, 0.1) is 11.6 Å². The fourth-order valence-electron chi connectivity index (χ4n) is 2.65. The number of carbonyl (C=O) groups is 1. The molecule has 5 heteroatoms. The van der Waals surface area contributed by atoms with E-state index in [2.05, 4.69) is 6.92 Å². The second-order valence-electron chi connectivity index (χ2n) is 6.42. The van der Waals surface area contributed by atoms with Crippen LogP contribution in [-0.4, -0.2) is 12.6 Å². The molecule has 0 aromatic heterocycles. The molecular formula is C22H26F2O3. The van der Waals surface area contributed by atoms with E-state index in [1.807, 2.05) is 6.92 Å². The number of benzene rings is 2. The van der Waals surface area contributed by atoms with Crippen LogP contribution in [0.4, 0.5) is 8.78 Å². The van der Waals surface area contributed by atoms with Crippen molar-refractivity contribution in [3.8, 4) is 11.5 Å².